The molecule has 0 aromatic rings. The summed E-state index contributed by atoms with van der Waals surface area (Å²) in [7, 11) is 0. The zero-order valence-corrected chi connectivity index (χ0v) is 20.4. The molecular formula is C26H38O9. The Morgan fingerprint density at radius 3 is 2.51 bits per heavy atom. The molecule has 0 amide bonds. The first-order valence-corrected chi connectivity index (χ1v) is 12.8. The number of aliphatic hydroxyl groups excluding tert-OH is 5. The van der Waals surface area contributed by atoms with Crippen LogP contribution in [0.25, 0.3) is 0 Å². The number of Topliss-reactive ketones (excluding diaryl/α,β-unsaturated/α-hetero) is 1. The maximum absolute atomic E-state index is 13.7. The lowest BCUT2D eigenvalue weighted by atomic mass is 9.40. The molecule has 35 heavy (non-hydrogen) atoms. The van der Waals surface area contributed by atoms with Crippen molar-refractivity contribution in [3.05, 3.63) is 12.2 Å². The molecule has 5 N–H and O–H groups in total. The molecule has 12 atom stereocenters. The van der Waals surface area contributed by atoms with E-state index in [1.807, 2.05) is 6.92 Å². The summed E-state index contributed by atoms with van der Waals surface area (Å²) in [6.45, 7) is 7.37. The molecule has 1 aliphatic heterocycles. The third-order valence-electron chi connectivity index (χ3n) is 10.5. The SMILES string of the molecule is C=C1C(=O)[C@@]23CC[C@H]4[C@@](C)(CCC[C@@]4(C)C(=O)O[C@@H]4O[C@@H](CO)[C@H](O)[C@H](O)[C@H]4O)[C@@H]2[C@@H](O)C[C@@H]1C3. The predicted molar refractivity (Wildman–Crippen MR) is 121 cm³/mol. The van der Waals surface area contributed by atoms with Gasteiger partial charge in [-0.15, -0.1) is 0 Å². The molecule has 196 valence electrons. The highest BCUT2D eigenvalue weighted by Gasteiger charge is 2.70. The number of allylic oxidation sites excluding steroid dienone is 1. The van der Waals surface area contributed by atoms with Gasteiger partial charge in [-0.05, 0) is 68.3 Å². The van der Waals surface area contributed by atoms with E-state index in [-0.39, 0.29) is 23.5 Å². The van der Waals surface area contributed by atoms with Gasteiger partial charge in [-0.25, -0.2) is 0 Å². The van der Waals surface area contributed by atoms with E-state index in [1.165, 1.54) is 0 Å². The molecule has 5 fully saturated rings. The lowest BCUT2D eigenvalue weighted by molar-refractivity contribution is -0.298. The molecule has 5 aliphatic rings. The van der Waals surface area contributed by atoms with Crippen LogP contribution in [0, 0.1) is 34.0 Å². The molecule has 9 nitrogen and oxygen atoms in total. The van der Waals surface area contributed by atoms with Crippen LogP contribution in [0.3, 0.4) is 0 Å². The number of aliphatic hydroxyl groups is 5. The Morgan fingerprint density at radius 2 is 1.83 bits per heavy atom. The van der Waals surface area contributed by atoms with Crippen molar-refractivity contribution in [3.8, 4) is 0 Å². The first kappa shape index (κ1) is 25.3. The lowest BCUT2D eigenvalue weighted by Gasteiger charge is -2.63. The Morgan fingerprint density at radius 1 is 1.11 bits per heavy atom. The van der Waals surface area contributed by atoms with Crippen LogP contribution in [-0.2, 0) is 19.1 Å². The van der Waals surface area contributed by atoms with Gasteiger partial charge in [0.05, 0.1) is 18.1 Å². The van der Waals surface area contributed by atoms with Gasteiger partial charge in [-0.1, -0.05) is 19.9 Å². The summed E-state index contributed by atoms with van der Waals surface area (Å²) in [6, 6.07) is 0. The molecule has 9 heteroatoms. The van der Waals surface area contributed by atoms with Crippen LogP contribution >= 0.6 is 0 Å². The van der Waals surface area contributed by atoms with Gasteiger partial charge in [0.2, 0.25) is 6.29 Å². The summed E-state index contributed by atoms with van der Waals surface area (Å²) >= 11 is 0. The number of esters is 1. The van der Waals surface area contributed by atoms with E-state index < -0.39 is 65.6 Å². The van der Waals surface area contributed by atoms with E-state index >= 15 is 0 Å². The van der Waals surface area contributed by atoms with E-state index in [0.29, 0.717) is 37.7 Å². The smallest absolute Gasteiger partial charge is 0.314 e. The molecule has 1 saturated heterocycles. The topological polar surface area (TPSA) is 154 Å². The molecule has 2 bridgehead atoms. The van der Waals surface area contributed by atoms with Crippen molar-refractivity contribution >= 4 is 11.8 Å². The molecule has 4 aliphatic carbocycles. The summed E-state index contributed by atoms with van der Waals surface area (Å²) < 4.78 is 11.0. The van der Waals surface area contributed by atoms with E-state index in [4.69, 9.17) is 9.47 Å². The number of rotatable bonds is 3. The third kappa shape index (κ3) is 3.35. The third-order valence-corrected chi connectivity index (χ3v) is 10.5. The number of hydrogen-bond donors (Lipinski definition) is 5. The zero-order chi connectivity index (χ0) is 25.5. The van der Waals surface area contributed by atoms with Crippen molar-refractivity contribution < 1.29 is 44.6 Å². The molecule has 0 unspecified atom stereocenters. The first-order chi connectivity index (χ1) is 16.4. The van der Waals surface area contributed by atoms with Crippen molar-refractivity contribution in [1.29, 1.82) is 0 Å². The molecule has 4 saturated carbocycles. The van der Waals surface area contributed by atoms with Gasteiger partial charge in [0, 0.05) is 11.3 Å². The first-order valence-electron chi connectivity index (χ1n) is 12.8. The van der Waals surface area contributed by atoms with Gasteiger partial charge in [-0.3, -0.25) is 9.59 Å². The second-order valence-corrected chi connectivity index (χ2v) is 12.2. The van der Waals surface area contributed by atoms with Gasteiger partial charge in [0.1, 0.15) is 24.4 Å². The fourth-order valence-corrected chi connectivity index (χ4v) is 8.88. The minimum absolute atomic E-state index is 0.0278. The highest BCUT2D eigenvalue weighted by molar-refractivity contribution is 6.03. The van der Waals surface area contributed by atoms with Gasteiger partial charge in [-0.2, -0.15) is 0 Å². The minimum Gasteiger partial charge on any atom is -0.432 e. The van der Waals surface area contributed by atoms with Gasteiger partial charge < -0.3 is 35.0 Å². The minimum atomic E-state index is -1.66. The largest absolute Gasteiger partial charge is 0.432 e. The molecule has 1 heterocycles. The quantitative estimate of drug-likeness (QED) is 0.278. The monoisotopic (exact) mass is 494 g/mol. The Bertz CT molecular complexity index is 918. The highest BCUT2D eigenvalue weighted by Crippen LogP contribution is 2.71. The second kappa shape index (κ2) is 8.33. The number of hydrogen-bond acceptors (Lipinski definition) is 9. The number of fused-ring (bicyclic) bond motifs is 3. The molecular weight excluding hydrogens is 456 g/mol. The van der Waals surface area contributed by atoms with Crippen molar-refractivity contribution in [2.24, 2.45) is 34.0 Å². The summed E-state index contributed by atoms with van der Waals surface area (Å²) in [5.41, 5.74) is -1.41. The number of carbonyl (C=O) groups excluding carboxylic acids is 2. The zero-order valence-electron chi connectivity index (χ0n) is 20.4. The predicted octanol–water partition coefficient (Wildman–Crippen LogP) is 0.448. The Kier molecular flexibility index (Phi) is 6.02. The average Bonchev–Trinajstić information content (AvgIpc) is 2.99. The normalized spacial score (nSPS) is 53.6. The summed E-state index contributed by atoms with van der Waals surface area (Å²) in [4.78, 5) is 27.1. The average molecular weight is 495 g/mol. The van der Waals surface area contributed by atoms with Gasteiger partial charge >= 0.3 is 5.97 Å². The summed E-state index contributed by atoms with van der Waals surface area (Å²) in [5, 5.41) is 51.3. The molecule has 0 aromatic carbocycles. The van der Waals surface area contributed by atoms with Crippen molar-refractivity contribution in [1.82, 2.24) is 0 Å². The standard InChI is InChI=1S/C26H38O9/c1-12-13-9-14(28)20-24(2)6-4-7-25(3,16(24)5-8-26(20,10-13)21(12)32)23(33)35-22-19(31)18(30)17(29)15(11-27)34-22/h13-20,22,27-31H,1,4-11H2,2-3H3/t13-,14+,15+,16+,17+,18+,19-,20+,22+,24-,25-,26-/m1/s1. The van der Waals surface area contributed by atoms with Crippen LogP contribution in [0.2, 0.25) is 0 Å². The Balaban J connectivity index is 1.43. The fraction of sp³-hybridized carbons (Fsp3) is 0.846. The number of ketones is 1. The Hall–Kier alpha value is -1.36. The van der Waals surface area contributed by atoms with Crippen LogP contribution in [-0.4, -0.2) is 80.7 Å². The van der Waals surface area contributed by atoms with Crippen LogP contribution in [0.15, 0.2) is 12.2 Å². The molecule has 1 spiro atoms. The van der Waals surface area contributed by atoms with Crippen molar-refractivity contribution in [3.63, 3.8) is 0 Å². The second-order valence-electron chi connectivity index (χ2n) is 12.2. The van der Waals surface area contributed by atoms with Crippen LogP contribution in [0.4, 0.5) is 0 Å². The van der Waals surface area contributed by atoms with Crippen molar-refractivity contribution in [2.45, 2.75) is 95.6 Å². The lowest BCUT2D eigenvalue weighted by Crippen LogP contribution is -2.64. The van der Waals surface area contributed by atoms with Crippen molar-refractivity contribution in [2.75, 3.05) is 6.61 Å². The summed E-state index contributed by atoms with van der Waals surface area (Å²) in [5.74, 6) is -0.903. The number of carbonyl (C=O) groups is 2. The van der Waals surface area contributed by atoms with Crippen LogP contribution in [0.1, 0.15) is 58.8 Å². The maximum Gasteiger partial charge on any atom is 0.314 e. The Labute approximate surface area is 205 Å². The van der Waals surface area contributed by atoms with Crippen LogP contribution in [0.5, 0.6) is 0 Å². The van der Waals surface area contributed by atoms with E-state index in [0.717, 1.165) is 12.8 Å². The van der Waals surface area contributed by atoms with Gasteiger partial charge in [0.25, 0.3) is 0 Å². The van der Waals surface area contributed by atoms with E-state index in [9.17, 15) is 35.1 Å². The van der Waals surface area contributed by atoms with E-state index in [1.54, 1.807) is 0 Å². The highest BCUT2D eigenvalue weighted by atomic mass is 16.7. The maximum atomic E-state index is 13.7. The molecule has 0 radical (unpaired) electrons. The van der Waals surface area contributed by atoms with Gasteiger partial charge in [0.15, 0.2) is 5.78 Å². The summed E-state index contributed by atoms with van der Waals surface area (Å²) in [6.07, 6.45) is -3.67. The van der Waals surface area contributed by atoms with E-state index in [2.05, 4.69) is 13.5 Å². The molecule has 0 aromatic heterocycles. The fourth-order valence-electron chi connectivity index (χ4n) is 8.88. The number of ether oxygens (including phenoxy) is 2. The van der Waals surface area contributed by atoms with Crippen LogP contribution < -0.4 is 0 Å². The molecule has 5 rings (SSSR count).